The number of carbonyl (C=O) groups is 2. The third-order valence-electron chi connectivity index (χ3n) is 4.01. The molecule has 5 heteroatoms. The van der Waals surface area contributed by atoms with Crippen LogP contribution in [0.5, 0.6) is 5.75 Å². The Morgan fingerprint density at radius 1 is 1.17 bits per heavy atom. The van der Waals surface area contributed by atoms with Crippen molar-refractivity contribution in [1.29, 1.82) is 0 Å². The van der Waals surface area contributed by atoms with E-state index in [4.69, 9.17) is 9.47 Å². The lowest BCUT2D eigenvalue weighted by atomic mass is 10.1. The van der Waals surface area contributed by atoms with E-state index < -0.39 is 6.09 Å². The Hall–Kier alpha value is -2.82. The maximum atomic E-state index is 12.5. The summed E-state index contributed by atoms with van der Waals surface area (Å²) in [6, 6.07) is 14.7. The number of anilines is 1. The van der Waals surface area contributed by atoms with Crippen LogP contribution in [0.3, 0.4) is 0 Å². The van der Waals surface area contributed by atoms with Gasteiger partial charge in [0, 0.05) is 24.6 Å². The number of fused-ring (bicyclic) bond motifs is 1. The molecule has 0 saturated carbocycles. The van der Waals surface area contributed by atoms with Crippen LogP contribution in [0.2, 0.25) is 0 Å². The Balaban J connectivity index is 1.83. The quantitative estimate of drug-likeness (QED) is 0.861. The highest BCUT2D eigenvalue weighted by atomic mass is 16.6. The van der Waals surface area contributed by atoms with Crippen molar-refractivity contribution in [2.45, 2.75) is 19.4 Å². The maximum Gasteiger partial charge on any atom is 0.414 e. The third kappa shape index (κ3) is 3.40. The van der Waals surface area contributed by atoms with Gasteiger partial charge in [0.1, 0.15) is 12.4 Å². The number of ether oxygens (including phenoxy) is 2. The maximum absolute atomic E-state index is 12.5. The third-order valence-corrected chi connectivity index (χ3v) is 4.01. The molecular formula is C19H19NO4. The molecule has 3 rings (SSSR count). The largest absolute Gasteiger partial charge is 0.497 e. The first-order valence-electron chi connectivity index (χ1n) is 7.88. The van der Waals surface area contributed by atoms with E-state index in [1.165, 1.54) is 4.90 Å². The number of benzene rings is 2. The zero-order valence-electron chi connectivity index (χ0n) is 13.5. The predicted molar refractivity (Wildman–Crippen MR) is 90.5 cm³/mol. The summed E-state index contributed by atoms with van der Waals surface area (Å²) in [6.07, 6.45) is 0.570. The van der Waals surface area contributed by atoms with E-state index in [2.05, 4.69) is 0 Å². The molecular weight excluding hydrogens is 306 g/mol. The van der Waals surface area contributed by atoms with Crippen molar-refractivity contribution >= 4 is 17.6 Å². The Morgan fingerprint density at radius 3 is 2.71 bits per heavy atom. The molecule has 0 aromatic heterocycles. The van der Waals surface area contributed by atoms with Gasteiger partial charge in [-0.05, 0) is 24.1 Å². The van der Waals surface area contributed by atoms with E-state index in [0.29, 0.717) is 36.4 Å². The number of Topliss-reactive ketones (excluding diaryl/α,β-unsaturated/α-hetero) is 1. The highest BCUT2D eigenvalue weighted by Crippen LogP contribution is 2.31. The van der Waals surface area contributed by atoms with Crippen molar-refractivity contribution in [3.63, 3.8) is 0 Å². The molecule has 0 atom stereocenters. The van der Waals surface area contributed by atoms with Crippen LogP contribution in [0.15, 0.2) is 48.5 Å². The van der Waals surface area contributed by atoms with Crippen molar-refractivity contribution in [2.75, 3.05) is 18.6 Å². The van der Waals surface area contributed by atoms with E-state index >= 15 is 0 Å². The fourth-order valence-electron chi connectivity index (χ4n) is 2.74. The lowest BCUT2D eigenvalue weighted by Crippen LogP contribution is -2.32. The number of amides is 1. The molecule has 0 bridgehead atoms. The molecule has 0 fully saturated rings. The number of ketones is 1. The summed E-state index contributed by atoms with van der Waals surface area (Å²) in [5.74, 6) is 0.635. The molecule has 0 radical (unpaired) electrons. The summed E-state index contributed by atoms with van der Waals surface area (Å²) in [5, 5.41) is 0. The van der Waals surface area contributed by atoms with Gasteiger partial charge in [-0.3, -0.25) is 9.69 Å². The monoisotopic (exact) mass is 325 g/mol. The van der Waals surface area contributed by atoms with Crippen LogP contribution in [0, 0.1) is 0 Å². The second-order valence-corrected chi connectivity index (χ2v) is 5.60. The number of hydrogen-bond donors (Lipinski definition) is 0. The second-order valence-electron chi connectivity index (χ2n) is 5.60. The van der Waals surface area contributed by atoms with Crippen LogP contribution < -0.4 is 9.64 Å². The van der Waals surface area contributed by atoms with Gasteiger partial charge >= 0.3 is 6.09 Å². The molecule has 0 N–H and O–H groups in total. The standard InChI is InChI=1S/C19H19NO4/c1-23-15-9-10-16-17(12-15)20(11-5-8-18(16)21)19(22)24-13-14-6-3-2-4-7-14/h2-4,6-7,9-10,12H,5,8,11,13H2,1H3. The van der Waals surface area contributed by atoms with E-state index in [-0.39, 0.29) is 12.4 Å². The molecule has 1 aliphatic heterocycles. The molecule has 2 aromatic rings. The van der Waals surface area contributed by atoms with Crippen LogP contribution in [-0.4, -0.2) is 25.5 Å². The first-order valence-corrected chi connectivity index (χ1v) is 7.88. The van der Waals surface area contributed by atoms with Crippen LogP contribution in [0.1, 0.15) is 28.8 Å². The molecule has 0 spiro atoms. The molecule has 5 nitrogen and oxygen atoms in total. The van der Waals surface area contributed by atoms with Gasteiger partial charge in [-0.15, -0.1) is 0 Å². The molecule has 1 heterocycles. The average molecular weight is 325 g/mol. The first-order chi connectivity index (χ1) is 11.7. The summed E-state index contributed by atoms with van der Waals surface area (Å²) in [6.45, 7) is 0.642. The molecule has 0 unspecified atom stereocenters. The number of carbonyl (C=O) groups excluding carboxylic acids is 2. The Bertz CT molecular complexity index is 742. The summed E-state index contributed by atoms with van der Waals surface area (Å²) in [5.41, 5.74) is 2.00. The van der Waals surface area contributed by atoms with Crippen LogP contribution in [0.25, 0.3) is 0 Å². The van der Waals surface area contributed by atoms with Crippen LogP contribution >= 0.6 is 0 Å². The van der Waals surface area contributed by atoms with Gasteiger partial charge in [0.25, 0.3) is 0 Å². The molecule has 1 aliphatic rings. The predicted octanol–water partition coefficient (Wildman–Crippen LogP) is 3.81. The van der Waals surface area contributed by atoms with Crippen LogP contribution in [0.4, 0.5) is 10.5 Å². The minimum atomic E-state index is -0.456. The van der Waals surface area contributed by atoms with Crippen molar-refractivity contribution in [3.05, 3.63) is 59.7 Å². The van der Waals surface area contributed by atoms with Crippen molar-refractivity contribution in [1.82, 2.24) is 0 Å². The zero-order chi connectivity index (χ0) is 16.9. The Morgan fingerprint density at radius 2 is 1.96 bits per heavy atom. The Labute approximate surface area is 140 Å². The Kier molecular flexibility index (Phi) is 4.79. The van der Waals surface area contributed by atoms with E-state index in [0.717, 1.165) is 5.56 Å². The topological polar surface area (TPSA) is 55.8 Å². The van der Waals surface area contributed by atoms with Gasteiger partial charge in [0.2, 0.25) is 0 Å². The molecule has 124 valence electrons. The molecule has 0 saturated heterocycles. The highest BCUT2D eigenvalue weighted by molar-refractivity contribution is 6.05. The minimum Gasteiger partial charge on any atom is -0.497 e. The second kappa shape index (κ2) is 7.17. The average Bonchev–Trinajstić information content (AvgIpc) is 2.79. The summed E-state index contributed by atoms with van der Waals surface area (Å²) < 4.78 is 10.6. The van der Waals surface area contributed by atoms with Gasteiger partial charge in [0.15, 0.2) is 5.78 Å². The van der Waals surface area contributed by atoms with Crippen molar-refractivity contribution in [3.8, 4) is 5.75 Å². The van der Waals surface area contributed by atoms with E-state index in [9.17, 15) is 9.59 Å². The minimum absolute atomic E-state index is 0.0333. The zero-order valence-corrected chi connectivity index (χ0v) is 13.5. The molecule has 2 aromatic carbocycles. The van der Waals surface area contributed by atoms with Gasteiger partial charge in [-0.25, -0.2) is 4.79 Å². The number of methoxy groups -OCH3 is 1. The van der Waals surface area contributed by atoms with Gasteiger partial charge < -0.3 is 9.47 Å². The fourth-order valence-corrected chi connectivity index (χ4v) is 2.74. The number of nitrogens with zero attached hydrogens (tertiary/aromatic N) is 1. The molecule has 24 heavy (non-hydrogen) atoms. The van der Waals surface area contributed by atoms with Crippen LogP contribution in [-0.2, 0) is 11.3 Å². The van der Waals surface area contributed by atoms with Crippen molar-refractivity contribution in [2.24, 2.45) is 0 Å². The molecule has 0 aliphatic carbocycles. The van der Waals surface area contributed by atoms with E-state index in [1.807, 2.05) is 30.3 Å². The smallest absolute Gasteiger partial charge is 0.414 e. The normalized spacial score (nSPS) is 13.9. The van der Waals surface area contributed by atoms with Crippen molar-refractivity contribution < 1.29 is 19.1 Å². The molecule has 1 amide bonds. The number of rotatable bonds is 3. The van der Waals surface area contributed by atoms with Gasteiger partial charge in [0.05, 0.1) is 12.8 Å². The first kappa shape index (κ1) is 16.1. The number of hydrogen-bond acceptors (Lipinski definition) is 4. The summed E-state index contributed by atoms with van der Waals surface area (Å²) >= 11 is 0. The van der Waals surface area contributed by atoms with E-state index in [1.54, 1.807) is 25.3 Å². The summed E-state index contributed by atoms with van der Waals surface area (Å²) in [7, 11) is 1.55. The lowest BCUT2D eigenvalue weighted by Gasteiger charge is -2.22. The lowest BCUT2D eigenvalue weighted by molar-refractivity contribution is 0.0983. The SMILES string of the molecule is COc1ccc2c(c1)N(C(=O)OCc1ccccc1)CCCC2=O. The van der Waals surface area contributed by atoms with Gasteiger partial charge in [-0.2, -0.15) is 0 Å². The summed E-state index contributed by atoms with van der Waals surface area (Å²) in [4.78, 5) is 26.3. The van der Waals surface area contributed by atoms with Gasteiger partial charge in [-0.1, -0.05) is 30.3 Å². The fraction of sp³-hybridized carbons (Fsp3) is 0.263. The highest BCUT2D eigenvalue weighted by Gasteiger charge is 2.26.